The fourth-order valence-electron chi connectivity index (χ4n) is 2.64. The molecule has 0 fully saturated rings. The predicted octanol–water partition coefficient (Wildman–Crippen LogP) is 3.48. The van der Waals surface area contributed by atoms with Gasteiger partial charge in [0.1, 0.15) is 0 Å². The molecule has 0 aliphatic carbocycles. The normalized spacial score (nSPS) is 13.3. The summed E-state index contributed by atoms with van der Waals surface area (Å²) in [4.78, 5) is 6.89. The Morgan fingerprint density at radius 2 is 1.85 bits per heavy atom. The van der Waals surface area contributed by atoms with E-state index in [9.17, 15) is 0 Å². The molecule has 2 N–H and O–H groups in total. The van der Waals surface area contributed by atoms with Crippen LogP contribution in [-0.4, -0.2) is 51.3 Å². The summed E-state index contributed by atoms with van der Waals surface area (Å²) in [5.41, 5.74) is 2.61. The standard InChI is InChI=1S/C20H36N4O.HI/c1-8-21-19(23-14-18(25-7)20(2,3)4)22-13-16-10-9-11-17(12-16)15-24(5)6;/h9-12,18H,8,13-15H2,1-7H3,(H2,21,22,23);1H. The molecule has 1 rings (SSSR count). The lowest BCUT2D eigenvalue weighted by molar-refractivity contribution is 0.0205. The van der Waals surface area contributed by atoms with E-state index in [0.29, 0.717) is 6.54 Å². The number of benzene rings is 1. The van der Waals surface area contributed by atoms with Crippen molar-refractivity contribution in [3.8, 4) is 0 Å². The van der Waals surface area contributed by atoms with Crippen LogP contribution in [0.3, 0.4) is 0 Å². The van der Waals surface area contributed by atoms with Gasteiger partial charge < -0.3 is 20.3 Å². The van der Waals surface area contributed by atoms with Crippen LogP contribution in [0.4, 0.5) is 0 Å². The molecule has 6 heteroatoms. The predicted molar refractivity (Wildman–Crippen MR) is 122 cm³/mol. The topological polar surface area (TPSA) is 48.9 Å². The van der Waals surface area contributed by atoms with Gasteiger partial charge in [-0.25, -0.2) is 4.99 Å². The van der Waals surface area contributed by atoms with E-state index in [2.05, 4.69) is 81.6 Å². The largest absolute Gasteiger partial charge is 0.379 e. The molecule has 5 nitrogen and oxygen atoms in total. The van der Waals surface area contributed by atoms with Crippen molar-refractivity contribution in [1.29, 1.82) is 0 Å². The monoisotopic (exact) mass is 476 g/mol. The lowest BCUT2D eigenvalue weighted by atomic mass is 9.89. The van der Waals surface area contributed by atoms with Gasteiger partial charge in [0, 0.05) is 26.7 Å². The van der Waals surface area contributed by atoms with Gasteiger partial charge in [-0.05, 0) is 37.6 Å². The van der Waals surface area contributed by atoms with E-state index in [1.807, 2.05) is 0 Å². The molecule has 1 atom stereocenters. The van der Waals surface area contributed by atoms with Crippen LogP contribution in [0.25, 0.3) is 0 Å². The zero-order valence-corrected chi connectivity index (χ0v) is 19.8. The van der Waals surface area contributed by atoms with Gasteiger partial charge in [0.05, 0.1) is 12.6 Å². The van der Waals surface area contributed by atoms with Crippen molar-refractivity contribution >= 4 is 29.9 Å². The minimum Gasteiger partial charge on any atom is -0.379 e. The molecule has 0 spiro atoms. The highest BCUT2D eigenvalue weighted by Crippen LogP contribution is 2.20. The fourth-order valence-corrected chi connectivity index (χ4v) is 2.64. The first-order valence-corrected chi connectivity index (χ1v) is 9.03. The smallest absolute Gasteiger partial charge is 0.191 e. The van der Waals surface area contributed by atoms with E-state index in [0.717, 1.165) is 25.6 Å². The average molecular weight is 476 g/mol. The van der Waals surface area contributed by atoms with Gasteiger partial charge >= 0.3 is 0 Å². The Bertz CT molecular complexity index is 541. The quantitative estimate of drug-likeness (QED) is 0.343. The Morgan fingerprint density at radius 3 is 2.38 bits per heavy atom. The van der Waals surface area contributed by atoms with E-state index in [-0.39, 0.29) is 35.5 Å². The zero-order chi connectivity index (χ0) is 18.9. The van der Waals surface area contributed by atoms with Crippen molar-refractivity contribution in [1.82, 2.24) is 15.5 Å². The van der Waals surface area contributed by atoms with Crippen molar-refractivity contribution in [2.75, 3.05) is 34.3 Å². The van der Waals surface area contributed by atoms with E-state index < -0.39 is 0 Å². The van der Waals surface area contributed by atoms with Crippen molar-refractivity contribution in [3.63, 3.8) is 0 Å². The number of hydrogen-bond acceptors (Lipinski definition) is 3. The first-order chi connectivity index (χ1) is 11.8. The van der Waals surface area contributed by atoms with Crippen LogP contribution in [-0.2, 0) is 17.8 Å². The third kappa shape index (κ3) is 9.73. The molecule has 1 unspecified atom stereocenters. The molecule has 0 amide bonds. The maximum atomic E-state index is 5.61. The number of ether oxygens (including phenoxy) is 1. The summed E-state index contributed by atoms with van der Waals surface area (Å²) in [6, 6.07) is 8.60. The van der Waals surface area contributed by atoms with Gasteiger partial charge in [-0.3, -0.25) is 0 Å². The number of hydrogen-bond donors (Lipinski definition) is 2. The van der Waals surface area contributed by atoms with E-state index >= 15 is 0 Å². The number of aliphatic imine (C=N–C) groups is 1. The Kier molecular flexibility index (Phi) is 12.1. The van der Waals surface area contributed by atoms with Gasteiger partial charge in [0.25, 0.3) is 0 Å². The van der Waals surface area contributed by atoms with Crippen LogP contribution < -0.4 is 10.6 Å². The number of guanidine groups is 1. The Labute approximate surface area is 177 Å². The number of halogens is 1. The summed E-state index contributed by atoms with van der Waals surface area (Å²) in [7, 11) is 5.93. The minimum atomic E-state index is 0. The third-order valence-electron chi connectivity index (χ3n) is 3.96. The van der Waals surface area contributed by atoms with E-state index in [1.165, 1.54) is 11.1 Å². The second kappa shape index (κ2) is 12.5. The Balaban J connectivity index is 0.00000625. The molecule has 0 heterocycles. The zero-order valence-electron chi connectivity index (χ0n) is 17.4. The third-order valence-corrected chi connectivity index (χ3v) is 3.96. The molecule has 1 aromatic carbocycles. The van der Waals surface area contributed by atoms with Crippen molar-refractivity contribution < 1.29 is 4.74 Å². The van der Waals surface area contributed by atoms with Crippen LogP contribution in [0.2, 0.25) is 0 Å². The average Bonchev–Trinajstić information content (AvgIpc) is 2.51. The summed E-state index contributed by atoms with van der Waals surface area (Å²) in [6.45, 7) is 11.8. The summed E-state index contributed by atoms with van der Waals surface area (Å²) >= 11 is 0. The second-order valence-electron chi connectivity index (χ2n) is 7.72. The number of nitrogens with one attached hydrogen (secondary N) is 2. The molecular formula is C20H37IN4O. The highest BCUT2D eigenvalue weighted by molar-refractivity contribution is 14.0. The maximum Gasteiger partial charge on any atom is 0.191 e. The lowest BCUT2D eigenvalue weighted by Gasteiger charge is -2.30. The van der Waals surface area contributed by atoms with Gasteiger partial charge in [0.2, 0.25) is 0 Å². The molecule has 0 aliphatic heterocycles. The lowest BCUT2D eigenvalue weighted by Crippen LogP contribution is -2.45. The second-order valence-corrected chi connectivity index (χ2v) is 7.72. The Hall–Kier alpha value is -0.860. The first-order valence-electron chi connectivity index (χ1n) is 9.03. The highest BCUT2D eigenvalue weighted by atomic mass is 127. The van der Waals surface area contributed by atoms with Crippen molar-refractivity contribution in [2.45, 2.75) is 46.9 Å². The van der Waals surface area contributed by atoms with Gasteiger partial charge in [0.15, 0.2) is 5.96 Å². The number of methoxy groups -OCH3 is 1. The van der Waals surface area contributed by atoms with Gasteiger partial charge in [-0.1, -0.05) is 45.0 Å². The number of nitrogens with zero attached hydrogens (tertiary/aromatic N) is 2. The van der Waals surface area contributed by atoms with Crippen LogP contribution >= 0.6 is 24.0 Å². The van der Waals surface area contributed by atoms with Crippen LogP contribution in [0, 0.1) is 5.41 Å². The molecule has 26 heavy (non-hydrogen) atoms. The van der Waals surface area contributed by atoms with Crippen molar-refractivity contribution in [3.05, 3.63) is 35.4 Å². The molecule has 0 bridgehead atoms. The molecule has 0 aromatic heterocycles. The molecule has 0 saturated heterocycles. The van der Waals surface area contributed by atoms with Crippen LogP contribution in [0.5, 0.6) is 0 Å². The number of rotatable bonds is 8. The van der Waals surface area contributed by atoms with E-state index in [4.69, 9.17) is 9.73 Å². The van der Waals surface area contributed by atoms with Gasteiger partial charge in [-0.2, -0.15) is 0 Å². The van der Waals surface area contributed by atoms with Crippen LogP contribution in [0.1, 0.15) is 38.8 Å². The van der Waals surface area contributed by atoms with Gasteiger partial charge in [-0.15, -0.1) is 24.0 Å². The van der Waals surface area contributed by atoms with Crippen LogP contribution in [0.15, 0.2) is 29.3 Å². The minimum absolute atomic E-state index is 0. The molecule has 0 aliphatic rings. The molecule has 150 valence electrons. The molecule has 0 radical (unpaired) electrons. The summed E-state index contributed by atoms with van der Waals surface area (Å²) in [6.07, 6.45) is 0.125. The molecule has 1 aromatic rings. The fraction of sp³-hybridized carbons (Fsp3) is 0.650. The highest BCUT2D eigenvalue weighted by Gasteiger charge is 2.24. The SMILES string of the molecule is CCNC(=NCc1cccc(CN(C)C)c1)NCC(OC)C(C)(C)C.I. The molecular weight excluding hydrogens is 439 g/mol. The first kappa shape index (κ1) is 25.1. The summed E-state index contributed by atoms with van der Waals surface area (Å²) in [5.74, 6) is 0.826. The summed E-state index contributed by atoms with van der Waals surface area (Å²) in [5, 5.41) is 6.71. The van der Waals surface area contributed by atoms with Crippen molar-refractivity contribution in [2.24, 2.45) is 10.4 Å². The maximum absolute atomic E-state index is 5.61. The molecule has 0 saturated carbocycles. The summed E-state index contributed by atoms with van der Waals surface area (Å²) < 4.78 is 5.61. The van der Waals surface area contributed by atoms with E-state index in [1.54, 1.807) is 7.11 Å². The Morgan fingerprint density at radius 1 is 1.19 bits per heavy atom.